The number of benzene rings is 6. The van der Waals surface area contributed by atoms with Crippen LogP contribution in [-0.2, 0) is 0 Å². The lowest BCUT2D eigenvalue weighted by molar-refractivity contribution is 1.07. The van der Waals surface area contributed by atoms with Gasteiger partial charge in [0.2, 0.25) is 0 Å². The van der Waals surface area contributed by atoms with Gasteiger partial charge >= 0.3 is 0 Å². The van der Waals surface area contributed by atoms with Crippen molar-refractivity contribution in [3.63, 3.8) is 0 Å². The van der Waals surface area contributed by atoms with Gasteiger partial charge in [-0.05, 0) is 47.5 Å². The first kappa shape index (κ1) is 31.2. The first-order valence-electron chi connectivity index (χ1n) is 17.9. The molecule has 254 valence electrons. The van der Waals surface area contributed by atoms with Crippen molar-refractivity contribution >= 4 is 22.1 Å². The lowest BCUT2D eigenvalue weighted by atomic mass is 10.0. The summed E-state index contributed by atoms with van der Waals surface area (Å²) in [5.41, 5.74) is 12.4. The van der Waals surface area contributed by atoms with Crippen molar-refractivity contribution in [3.05, 3.63) is 188 Å². The van der Waals surface area contributed by atoms with Crippen molar-refractivity contribution in [1.82, 2.24) is 34.3 Å². The molecule has 54 heavy (non-hydrogen) atoms. The van der Waals surface area contributed by atoms with Gasteiger partial charge in [-0.1, -0.05) is 146 Å². The van der Waals surface area contributed by atoms with Gasteiger partial charge in [-0.2, -0.15) is 0 Å². The number of para-hydroxylation sites is 2. The summed E-state index contributed by atoms with van der Waals surface area (Å²) in [7, 11) is 0. The van der Waals surface area contributed by atoms with Gasteiger partial charge in [0.15, 0.2) is 11.6 Å². The Kier molecular flexibility index (Phi) is 7.66. The monoisotopic (exact) mass is 693 g/mol. The molecule has 0 aliphatic heterocycles. The molecule has 0 unspecified atom stereocenters. The molecule has 6 aromatic carbocycles. The third kappa shape index (κ3) is 5.43. The number of aromatic nitrogens is 7. The summed E-state index contributed by atoms with van der Waals surface area (Å²) >= 11 is 0. The Balaban J connectivity index is 1.06. The van der Waals surface area contributed by atoms with Crippen LogP contribution in [0.15, 0.2) is 188 Å². The minimum Gasteiger partial charge on any atom is -0.290 e. The highest BCUT2D eigenvalue weighted by atomic mass is 15.3. The van der Waals surface area contributed by atoms with E-state index in [2.05, 4.69) is 129 Å². The Bertz CT molecular complexity index is 2880. The molecule has 0 saturated heterocycles. The van der Waals surface area contributed by atoms with E-state index in [-0.39, 0.29) is 0 Å². The quantitative estimate of drug-likeness (QED) is 0.166. The number of hydrogen-bond acceptors (Lipinski definition) is 5. The van der Waals surface area contributed by atoms with Gasteiger partial charge in [-0.25, -0.2) is 9.97 Å². The van der Waals surface area contributed by atoms with Gasteiger partial charge in [0.05, 0.1) is 11.2 Å². The van der Waals surface area contributed by atoms with E-state index in [0.717, 1.165) is 90.0 Å². The van der Waals surface area contributed by atoms with Crippen LogP contribution in [0.4, 0.5) is 0 Å². The number of nitrogens with zero attached hydrogens (tertiary/aromatic N) is 7. The third-order valence-corrected chi connectivity index (χ3v) is 9.74. The zero-order valence-corrected chi connectivity index (χ0v) is 29.0. The molecule has 4 heterocycles. The Morgan fingerprint density at radius 3 is 1.37 bits per heavy atom. The van der Waals surface area contributed by atoms with E-state index in [1.54, 1.807) is 6.20 Å². The highest BCUT2D eigenvalue weighted by Crippen LogP contribution is 2.38. The summed E-state index contributed by atoms with van der Waals surface area (Å²) in [4.78, 5) is 15.2. The van der Waals surface area contributed by atoms with Crippen LogP contribution < -0.4 is 0 Å². The van der Waals surface area contributed by atoms with Gasteiger partial charge in [0, 0.05) is 39.8 Å². The Labute approximate surface area is 311 Å². The minimum absolute atomic E-state index is 0.777. The van der Waals surface area contributed by atoms with Crippen LogP contribution in [0.25, 0.3) is 90.0 Å². The molecule has 0 fully saturated rings. The third-order valence-electron chi connectivity index (χ3n) is 9.74. The second-order valence-electron chi connectivity index (χ2n) is 13.0. The van der Waals surface area contributed by atoms with Crippen LogP contribution in [0.1, 0.15) is 0 Å². The number of imidazole rings is 1. The van der Waals surface area contributed by atoms with Crippen molar-refractivity contribution in [2.24, 2.45) is 0 Å². The number of pyridine rings is 2. The molecule has 7 heteroatoms. The Morgan fingerprint density at radius 1 is 0.333 bits per heavy atom. The van der Waals surface area contributed by atoms with Crippen molar-refractivity contribution in [2.45, 2.75) is 0 Å². The number of fused-ring (bicyclic) bond motifs is 3. The molecule has 0 atom stereocenters. The second-order valence-corrected chi connectivity index (χ2v) is 13.0. The molecule has 0 bridgehead atoms. The van der Waals surface area contributed by atoms with Crippen LogP contribution in [0.2, 0.25) is 0 Å². The first-order valence-corrected chi connectivity index (χ1v) is 17.9. The average Bonchev–Trinajstić information content (AvgIpc) is 3.89. The Morgan fingerprint density at radius 2 is 0.796 bits per heavy atom. The minimum atomic E-state index is 0.777. The van der Waals surface area contributed by atoms with Crippen LogP contribution in [0.3, 0.4) is 0 Å². The molecule has 0 saturated carbocycles. The Hall–Kier alpha value is -7.51. The molecule has 7 nitrogen and oxygen atoms in total. The summed E-state index contributed by atoms with van der Waals surface area (Å²) in [6, 6.07) is 62.2. The van der Waals surface area contributed by atoms with E-state index in [0.29, 0.717) is 0 Å². The van der Waals surface area contributed by atoms with Crippen LogP contribution >= 0.6 is 0 Å². The molecule has 10 aromatic rings. The van der Waals surface area contributed by atoms with Gasteiger partial charge in [-0.3, -0.25) is 14.1 Å². The molecule has 10 rings (SSSR count). The standard InChI is InChI=1S/C47H31N7/c1-5-14-34(15-6-1)41-44-43(42-40(49-41)22-13-31-48-42)50-45(53(44)38-18-9-3-10-19-38)36-27-23-32(24-28-36)33-25-29-37(30-26-33)47-52-51-46(35-16-7-2-8-17-35)54(47)39-20-11-4-12-21-39/h1-31H. The predicted molar refractivity (Wildman–Crippen MR) is 216 cm³/mol. The van der Waals surface area contributed by atoms with E-state index in [4.69, 9.17) is 15.0 Å². The van der Waals surface area contributed by atoms with Gasteiger partial charge < -0.3 is 0 Å². The largest absolute Gasteiger partial charge is 0.290 e. The zero-order valence-electron chi connectivity index (χ0n) is 29.0. The zero-order chi connectivity index (χ0) is 35.8. The summed E-state index contributed by atoms with van der Waals surface area (Å²) in [5.74, 6) is 2.41. The number of rotatable bonds is 7. The second kappa shape index (κ2) is 13.2. The van der Waals surface area contributed by atoms with E-state index in [9.17, 15) is 0 Å². The van der Waals surface area contributed by atoms with Gasteiger partial charge in [-0.15, -0.1) is 10.2 Å². The fourth-order valence-corrected chi connectivity index (χ4v) is 7.16. The maximum Gasteiger partial charge on any atom is 0.168 e. The maximum absolute atomic E-state index is 5.32. The van der Waals surface area contributed by atoms with Crippen LogP contribution in [0.5, 0.6) is 0 Å². The SMILES string of the molecule is c1ccc(-c2nc3cccnc3c3nc(-c4ccc(-c5ccc(-c6nnc(-c7ccccc7)n6-c6ccccc6)cc5)cc4)n(-c4ccccc4)c23)cc1. The molecular weight excluding hydrogens is 663 g/mol. The maximum atomic E-state index is 5.32. The lowest BCUT2D eigenvalue weighted by Gasteiger charge is -2.13. The van der Waals surface area contributed by atoms with E-state index in [1.165, 1.54) is 0 Å². The topological polar surface area (TPSA) is 74.3 Å². The molecule has 4 aromatic heterocycles. The molecule has 0 aliphatic carbocycles. The van der Waals surface area contributed by atoms with Crippen LogP contribution in [-0.4, -0.2) is 34.3 Å². The van der Waals surface area contributed by atoms with Crippen LogP contribution in [0, 0.1) is 0 Å². The van der Waals surface area contributed by atoms with E-state index >= 15 is 0 Å². The molecule has 0 spiro atoms. The fraction of sp³-hybridized carbons (Fsp3) is 0. The normalized spacial score (nSPS) is 11.3. The predicted octanol–water partition coefficient (Wildman–Crippen LogP) is 10.9. The first-order chi connectivity index (χ1) is 26.8. The average molecular weight is 694 g/mol. The lowest BCUT2D eigenvalue weighted by Crippen LogP contribution is -2.00. The van der Waals surface area contributed by atoms with E-state index in [1.807, 2.05) is 72.8 Å². The summed E-state index contributed by atoms with van der Waals surface area (Å²) < 4.78 is 4.34. The van der Waals surface area contributed by atoms with Gasteiger partial charge in [0.25, 0.3) is 0 Å². The van der Waals surface area contributed by atoms with Gasteiger partial charge in [0.1, 0.15) is 22.4 Å². The van der Waals surface area contributed by atoms with Crippen molar-refractivity contribution in [3.8, 4) is 67.9 Å². The summed E-state index contributed by atoms with van der Waals surface area (Å²) in [6.07, 6.45) is 1.81. The van der Waals surface area contributed by atoms with Crippen molar-refractivity contribution in [1.29, 1.82) is 0 Å². The highest BCUT2D eigenvalue weighted by molar-refractivity contribution is 6.07. The molecular formula is C47H31N7. The summed E-state index contributed by atoms with van der Waals surface area (Å²) in [5, 5.41) is 9.32. The fourth-order valence-electron chi connectivity index (χ4n) is 7.16. The molecule has 0 radical (unpaired) electrons. The van der Waals surface area contributed by atoms with E-state index < -0.39 is 0 Å². The highest BCUT2D eigenvalue weighted by Gasteiger charge is 2.23. The number of hydrogen-bond donors (Lipinski definition) is 0. The molecule has 0 amide bonds. The van der Waals surface area contributed by atoms with Crippen molar-refractivity contribution < 1.29 is 0 Å². The van der Waals surface area contributed by atoms with Crippen molar-refractivity contribution in [2.75, 3.05) is 0 Å². The summed E-state index contributed by atoms with van der Waals surface area (Å²) in [6.45, 7) is 0. The molecule has 0 aliphatic rings. The smallest absolute Gasteiger partial charge is 0.168 e. The molecule has 0 N–H and O–H groups in total.